The Balaban J connectivity index is 1.69. The molecule has 0 spiro atoms. The van der Waals surface area contributed by atoms with Crippen molar-refractivity contribution in [1.29, 1.82) is 0 Å². The van der Waals surface area contributed by atoms with Gasteiger partial charge < -0.3 is 14.9 Å². The highest BCUT2D eigenvalue weighted by Crippen LogP contribution is 2.32. The third kappa shape index (κ3) is 2.62. The Hall–Kier alpha value is -0.910. The van der Waals surface area contributed by atoms with Gasteiger partial charge in [-0.1, -0.05) is 0 Å². The van der Waals surface area contributed by atoms with E-state index in [2.05, 4.69) is 6.07 Å². The van der Waals surface area contributed by atoms with Gasteiger partial charge in [0.25, 0.3) is 5.91 Å². The van der Waals surface area contributed by atoms with E-state index in [4.69, 9.17) is 0 Å². The van der Waals surface area contributed by atoms with Gasteiger partial charge in [0, 0.05) is 18.0 Å². The zero-order valence-electron chi connectivity index (χ0n) is 12.2. The molecule has 1 saturated heterocycles. The molecule has 20 heavy (non-hydrogen) atoms. The van der Waals surface area contributed by atoms with E-state index in [1.165, 1.54) is 16.9 Å². The van der Waals surface area contributed by atoms with Crippen LogP contribution in [0.3, 0.4) is 0 Å². The molecule has 1 amide bonds. The second kappa shape index (κ2) is 5.13. The molecule has 1 unspecified atom stereocenters. The summed E-state index contributed by atoms with van der Waals surface area (Å²) in [5.41, 5.74) is 0.611. The van der Waals surface area contributed by atoms with Crippen molar-refractivity contribution >= 4 is 17.2 Å². The first-order valence-corrected chi connectivity index (χ1v) is 8.06. The van der Waals surface area contributed by atoms with Crippen molar-refractivity contribution in [3.8, 4) is 0 Å². The van der Waals surface area contributed by atoms with Crippen LogP contribution in [-0.4, -0.2) is 60.1 Å². The number of aryl methyl sites for hydroxylation is 2. The van der Waals surface area contributed by atoms with Gasteiger partial charge in [-0.15, -0.1) is 11.3 Å². The fourth-order valence-electron chi connectivity index (χ4n) is 3.34. The summed E-state index contributed by atoms with van der Waals surface area (Å²) in [7, 11) is 3.90. The first-order valence-electron chi connectivity index (χ1n) is 7.25. The molecule has 1 fully saturated rings. The van der Waals surface area contributed by atoms with E-state index in [0.717, 1.165) is 17.7 Å². The largest absolute Gasteiger partial charge is 0.387 e. The minimum absolute atomic E-state index is 0.0964. The first-order chi connectivity index (χ1) is 9.47. The Bertz CT molecular complexity index is 504. The van der Waals surface area contributed by atoms with Crippen LogP contribution in [0.2, 0.25) is 0 Å². The minimum atomic E-state index is -0.751. The summed E-state index contributed by atoms with van der Waals surface area (Å²) >= 11 is 1.65. The summed E-state index contributed by atoms with van der Waals surface area (Å²) in [6.07, 6.45) is 4.13. The molecule has 0 saturated carbocycles. The van der Waals surface area contributed by atoms with Crippen LogP contribution in [0.4, 0.5) is 0 Å². The molecule has 0 aromatic carbocycles. The zero-order chi connectivity index (χ0) is 14.3. The maximum Gasteiger partial charge on any atom is 0.264 e. The number of likely N-dealkylation sites (N-methyl/N-ethyl adjacent to an activating group) is 1. The molecule has 1 aromatic heterocycles. The number of β-amino-alcohol motifs (C(OH)–C–C–N with tert-alkyl or cyclic N) is 1. The predicted octanol–water partition coefficient (Wildman–Crippen LogP) is 1.38. The second-order valence-electron chi connectivity index (χ2n) is 6.35. The number of hydrogen-bond acceptors (Lipinski definition) is 4. The van der Waals surface area contributed by atoms with Crippen molar-refractivity contribution in [2.24, 2.45) is 0 Å². The third-order valence-corrected chi connectivity index (χ3v) is 5.41. The first kappa shape index (κ1) is 14.0. The zero-order valence-corrected chi connectivity index (χ0v) is 13.0. The average molecular weight is 294 g/mol. The maximum absolute atomic E-state index is 12.5. The molecule has 5 heteroatoms. The molecule has 1 atom stereocenters. The van der Waals surface area contributed by atoms with Crippen LogP contribution in [0.15, 0.2) is 6.07 Å². The fourth-order valence-corrected chi connectivity index (χ4v) is 4.56. The highest BCUT2D eigenvalue weighted by atomic mass is 32.1. The number of thiophene rings is 1. The Labute approximate surface area is 124 Å². The van der Waals surface area contributed by atoms with Gasteiger partial charge in [-0.3, -0.25) is 4.79 Å². The molecule has 1 N–H and O–H groups in total. The molecule has 1 aliphatic heterocycles. The molecular formula is C15H22N2O2S. The van der Waals surface area contributed by atoms with Crippen molar-refractivity contribution in [2.45, 2.75) is 31.3 Å². The molecule has 3 rings (SSSR count). The summed E-state index contributed by atoms with van der Waals surface area (Å²) in [6, 6.07) is 2.07. The number of aliphatic hydroxyl groups is 1. The van der Waals surface area contributed by atoms with Gasteiger partial charge in [0.05, 0.1) is 17.0 Å². The van der Waals surface area contributed by atoms with Crippen molar-refractivity contribution in [1.82, 2.24) is 9.80 Å². The van der Waals surface area contributed by atoms with Crippen molar-refractivity contribution in [2.75, 3.05) is 33.7 Å². The molecule has 2 aliphatic rings. The molecule has 0 radical (unpaired) electrons. The lowest BCUT2D eigenvalue weighted by Crippen LogP contribution is -2.43. The van der Waals surface area contributed by atoms with Crippen LogP contribution in [-0.2, 0) is 12.8 Å². The smallest absolute Gasteiger partial charge is 0.264 e. The summed E-state index contributed by atoms with van der Waals surface area (Å²) in [5.74, 6) is 0.0964. The topological polar surface area (TPSA) is 43.8 Å². The van der Waals surface area contributed by atoms with Gasteiger partial charge in [-0.25, -0.2) is 0 Å². The average Bonchev–Trinajstić information content (AvgIpc) is 3.00. The summed E-state index contributed by atoms with van der Waals surface area (Å²) in [5, 5.41) is 10.5. The van der Waals surface area contributed by atoms with Gasteiger partial charge in [-0.05, 0) is 51.4 Å². The van der Waals surface area contributed by atoms with Gasteiger partial charge in [-0.2, -0.15) is 0 Å². The molecule has 0 bridgehead atoms. The van der Waals surface area contributed by atoms with Gasteiger partial charge in [0.2, 0.25) is 0 Å². The van der Waals surface area contributed by atoms with Crippen LogP contribution in [0.25, 0.3) is 0 Å². The van der Waals surface area contributed by atoms with E-state index in [9.17, 15) is 9.90 Å². The van der Waals surface area contributed by atoms with E-state index in [1.807, 2.05) is 23.9 Å². The van der Waals surface area contributed by atoms with Crippen LogP contribution in [0.1, 0.15) is 33.0 Å². The summed E-state index contributed by atoms with van der Waals surface area (Å²) in [6.45, 7) is 1.72. The third-order valence-electron chi connectivity index (χ3n) is 4.19. The molecule has 2 heterocycles. The summed E-state index contributed by atoms with van der Waals surface area (Å²) < 4.78 is 0. The monoisotopic (exact) mass is 294 g/mol. The second-order valence-corrected chi connectivity index (χ2v) is 7.49. The SMILES string of the molecule is CN(C)CC1(O)CCN(C(=O)c2cc3c(s2)CCC3)C1. The van der Waals surface area contributed by atoms with E-state index >= 15 is 0 Å². The van der Waals surface area contributed by atoms with E-state index < -0.39 is 5.60 Å². The maximum atomic E-state index is 12.5. The standard InChI is InChI=1S/C15H22N2O2S/c1-16(2)9-15(19)6-7-17(10-15)14(18)13-8-11-4-3-5-12(11)20-13/h8,19H,3-7,9-10H2,1-2H3. The van der Waals surface area contributed by atoms with Crippen molar-refractivity contribution < 1.29 is 9.90 Å². The minimum Gasteiger partial charge on any atom is -0.387 e. The fraction of sp³-hybridized carbons (Fsp3) is 0.667. The number of carbonyl (C=O) groups is 1. The molecular weight excluding hydrogens is 272 g/mol. The van der Waals surface area contributed by atoms with E-state index in [-0.39, 0.29) is 5.91 Å². The van der Waals surface area contributed by atoms with Crippen LogP contribution < -0.4 is 0 Å². The van der Waals surface area contributed by atoms with Crippen LogP contribution in [0.5, 0.6) is 0 Å². The normalized spacial score (nSPS) is 25.5. The number of hydrogen-bond donors (Lipinski definition) is 1. The Morgan fingerprint density at radius 3 is 3.00 bits per heavy atom. The quantitative estimate of drug-likeness (QED) is 0.916. The number of likely N-dealkylation sites (tertiary alicyclic amines) is 1. The Morgan fingerprint density at radius 2 is 2.30 bits per heavy atom. The lowest BCUT2D eigenvalue weighted by Gasteiger charge is -2.26. The Kier molecular flexibility index (Phi) is 3.60. The van der Waals surface area contributed by atoms with Crippen LogP contribution in [0, 0.1) is 0 Å². The molecule has 4 nitrogen and oxygen atoms in total. The van der Waals surface area contributed by atoms with Crippen molar-refractivity contribution in [3.05, 3.63) is 21.4 Å². The lowest BCUT2D eigenvalue weighted by molar-refractivity contribution is 0.0237. The van der Waals surface area contributed by atoms with E-state index in [0.29, 0.717) is 26.1 Å². The van der Waals surface area contributed by atoms with Gasteiger partial charge in [0.1, 0.15) is 0 Å². The van der Waals surface area contributed by atoms with Crippen molar-refractivity contribution in [3.63, 3.8) is 0 Å². The van der Waals surface area contributed by atoms with E-state index in [1.54, 1.807) is 11.3 Å². The Morgan fingerprint density at radius 1 is 1.50 bits per heavy atom. The lowest BCUT2D eigenvalue weighted by atomic mass is 10.0. The number of nitrogens with zero attached hydrogens (tertiary/aromatic N) is 2. The molecule has 1 aliphatic carbocycles. The summed E-state index contributed by atoms with van der Waals surface area (Å²) in [4.78, 5) is 18.6. The van der Waals surface area contributed by atoms with Gasteiger partial charge >= 0.3 is 0 Å². The number of amides is 1. The number of rotatable bonds is 3. The molecule has 1 aromatic rings. The van der Waals surface area contributed by atoms with Gasteiger partial charge in [0.15, 0.2) is 0 Å². The molecule has 110 valence electrons. The number of carbonyl (C=O) groups excluding carboxylic acids is 1. The number of fused-ring (bicyclic) bond motifs is 1. The highest BCUT2D eigenvalue weighted by molar-refractivity contribution is 7.14. The highest BCUT2D eigenvalue weighted by Gasteiger charge is 2.39. The van der Waals surface area contributed by atoms with Crippen LogP contribution >= 0.6 is 11.3 Å². The predicted molar refractivity (Wildman–Crippen MR) is 80.4 cm³/mol.